The Morgan fingerprint density at radius 1 is 1.30 bits per heavy atom. The van der Waals surface area contributed by atoms with Gasteiger partial charge in [-0.05, 0) is 40.0 Å². The second-order valence-corrected chi connectivity index (χ2v) is 7.25. The van der Waals surface area contributed by atoms with Crippen molar-refractivity contribution in [3.8, 4) is 0 Å². The maximum atomic E-state index is 12.0. The SMILES string of the molecule is CCCCOC1(CI)CCN(C(=O)OC(C)(C)C)CC1. The zero-order valence-electron chi connectivity index (χ0n) is 13.2. The van der Waals surface area contributed by atoms with E-state index in [1.807, 2.05) is 20.8 Å². The Kier molecular flexibility index (Phi) is 7.04. The van der Waals surface area contributed by atoms with E-state index >= 15 is 0 Å². The molecule has 0 spiro atoms. The van der Waals surface area contributed by atoms with Gasteiger partial charge in [-0.25, -0.2) is 4.79 Å². The molecule has 1 aliphatic heterocycles. The first kappa shape index (κ1) is 18.0. The number of hydrogen-bond acceptors (Lipinski definition) is 3. The second-order valence-electron chi connectivity index (χ2n) is 6.49. The van der Waals surface area contributed by atoms with Crippen molar-refractivity contribution in [3.05, 3.63) is 0 Å². The van der Waals surface area contributed by atoms with Crippen LogP contribution in [0.1, 0.15) is 53.4 Å². The largest absolute Gasteiger partial charge is 0.444 e. The lowest BCUT2D eigenvalue weighted by Gasteiger charge is -2.41. The quantitative estimate of drug-likeness (QED) is 0.400. The summed E-state index contributed by atoms with van der Waals surface area (Å²) in [6.45, 7) is 10.2. The van der Waals surface area contributed by atoms with E-state index < -0.39 is 5.60 Å². The first-order valence-electron chi connectivity index (χ1n) is 7.50. The summed E-state index contributed by atoms with van der Waals surface area (Å²) >= 11 is 2.40. The van der Waals surface area contributed by atoms with Gasteiger partial charge in [-0.2, -0.15) is 0 Å². The molecule has 4 nitrogen and oxygen atoms in total. The maximum absolute atomic E-state index is 12.0. The highest BCUT2D eigenvalue weighted by molar-refractivity contribution is 14.1. The van der Waals surface area contributed by atoms with Gasteiger partial charge in [-0.3, -0.25) is 0 Å². The topological polar surface area (TPSA) is 38.8 Å². The Morgan fingerprint density at radius 3 is 2.35 bits per heavy atom. The fourth-order valence-corrected chi connectivity index (χ4v) is 3.16. The molecule has 1 fully saturated rings. The van der Waals surface area contributed by atoms with Gasteiger partial charge in [0.25, 0.3) is 0 Å². The van der Waals surface area contributed by atoms with Gasteiger partial charge in [-0.1, -0.05) is 35.9 Å². The van der Waals surface area contributed by atoms with Crippen molar-refractivity contribution in [3.63, 3.8) is 0 Å². The maximum Gasteiger partial charge on any atom is 0.410 e. The molecule has 118 valence electrons. The van der Waals surface area contributed by atoms with Crippen molar-refractivity contribution in [2.75, 3.05) is 24.1 Å². The lowest BCUT2D eigenvalue weighted by Crippen LogP contribution is -2.50. The molecule has 1 aliphatic rings. The molecule has 0 radical (unpaired) electrons. The minimum absolute atomic E-state index is 0.0474. The molecule has 0 atom stereocenters. The third kappa shape index (κ3) is 5.76. The zero-order chi connectivity index (χ0) is 15.2. The van der Waals surface area contributed by atoms with E-state index in [-0.39, 0.29) is 11.7 Å². The van der Waals surface area contributed by atoms with Crippen molar-refractivity contribution in [1.82, 2.24) is 4.90 Å². The van der Waals surface area contributed by atoms with Crippen molar-refractivity contribution >= 4 is 28.7 Å². The fourth-order valence-electron chi connectivity index (χ4n) is 2.17. The number of hydrogen-bond donors (Lipinski definition) is 0. The van der Waals surface area contributed by atoms with E-state index in [4.69, 9.17) is 9.47 Å². The van der Waals surface area contributed by atoms with Crippen molar-refractivity contribution in [2.45, 2.75) is 64.6 Å². The first-order chi connectivity index (χ1) is 9.32. The van der Waals surface area contributed by atoms with Crippen LogP contribution >= 0.6 is 22.6 Å². The van der Waals surface area contributed by atoms with Crippen LogP contribution in [0, 0.1) is 0 Å². The van der Waals surface area contributed by atoms with Gasteiger partial charge in [0, 0.05) is 24.1 Å². The number of halogens is 1. The highest BCUT2D eigenvalue weighted by Gasteiger charge is 2.37. The highest BCUT2D eigenvalue weighted by Crippen LogP contribution is 2.29. The summed E-state index contributed by atoms with van der Waals surface area (Å²) in [7, 11) is 0. The van der Waals surface area contributed by atoms with E-state index in [2.05, 4.69) is 29.5 Å². The number of piperidine rings is 1. The van der Waals surface area contributed by atoms with Crippen LogP contribution in [0.15, 0.2) is 0 Å². The molecule has 1 rings (SSSR count). The molecule has 1 saturated heterocycles. The predicted molar refractivity (Wildman–Crippen MR) is 89.5 cm³/mol. The third-order valence-electron chi connectivity index (χ3n) is 3.48. The zero-order valence-corrected chi connectivity index (χ0v) is 15.4. The van der Waals surface area contributed by atoms with E-state index in [1.165, 1.54) is 0 Å². The number of likely N-dealkylation sites (tertiary alicyclic amines) is 1. The summed E-state index contributed by atoms with van der Waals surface area (Å²) in [5.41, 5.74) is -0.471. The van der Waals surface area contributed by atoms with Gasteiger partial charge >= 0.3 is 6.09 Å². The smallest absolute Gasteiger partial charge is 0.410 e. The van der Waals surface area contributed by atoms with Crippen LogP contribution in [0.5, 0.6) is 0 Å². The molecule has 0 aromatic carbocycles. The minimum Gasteiger partial charge on any atom is -0.444 e. The molecule has 20 heavy (non-hydrogen) atoms. The molecule has 5 heteroatoms. The number of alkyl halides is 1. The Hall–Kier alpha value is -0.0400. The van der Waals surface area contributed by atoms with Crippen molar-refractivity contribution in [1.29, 1.82) is 0 Å². The Balaban J connectivity index is 2.46. The van der Waals surface area contributed by atoms with Crippen LogP contribution < -0.4 is 0 Å². The number of carbonyl (C=O) groups excluding carboxylic acids is 1. The van der Waals surface area contributed by atoms with Crippen LogP contribution in [0.4, 0.5) is 4.79 Å². The summed E-state index contributed by atoms with van der Waals surface area (Å²) in [6, 6.07) is 0. The lowest BCUT2D eigenvalue weighted by atomic mass is 9.93. The fraction of sp³-hybridized carbons (Fsp3) is 0.933. The van der Waals surface area contributed by atoms with Crippen molar-refractivity contribution < 1.29 is 14.3 Å². The molecule has 0 aliphatic carbocycles. The molecule has 1 heterocycles. The van der Waals surface area contributed by atoms with E-state index in [0.29, 0.717) is 0 Å². The Bertz CT molecular complexity index is 307. The molecule has 0 N–H and O–H groups in total. The van der Waals surface area contributed by atoms with Gasteiger partial charge in [0.15, 0.2) is 0 Å². The number of unbranched alkanes of at least 4 members (excludes halogenated alkanes) is 1. The molecule has 0 saturated carbocycles. The second kappa shape index (κ2) is 7.82. The van der Waals surface area contributed by atoms with E-state index in [0.717, 1.165) is 49.8 Å². The monoisotopic (exact) mass is 397 g/mol. The first-order valence-corrected chi connectivity index (χ1v) is 9.02. The molecule has 1 amide bonds. The summed E-state index contributed by atoms with van der Waals surface area (Å²) in [5.74, 6) is 0. The molecule has 0 bridgehead atoms. The van der Waals surface area contributed by atoms with Gasteiger partial charge in [0.05, 0.1) is 5.60 Å². The average molecular weight is 397 g/mol. The lowest BCUT2D eigenvalue weighted by molar-refractivity contribution is -0.0681. The van der Waals surface area contributed by atoms with Gasteiger partial charge in [0.1, 0.15) is 5.60 Å². The Labute approximate surface area is 136 Å². The number of carbonyl (C=O) groups is 1. The van der Waals surface area contributed by atoms with Crippen molar-refractivity contribution in [2.24, 2.45) is 0 Å². The summed E-state index contributed by atoms with van der Waals surface area (Å²) in [5, 5.41) is 0. The molecular weight excluding hydrogens is 369 g/mol. The molecule has 0 aromatic rings. The number of rotatable bonds is 5. The number of amides is 1. The highest BCUT2D eigenvalue weighted by atomic mass is 127. The van der Waals surface area contributed by atoms with E-state index in [1.54, 1.807) is 4.90 Å². The molecule has 0 unspecified atom stereocenters. The van der Waals surface area contributed by atoms with Gasteiger partial charge in [-0.15, -0.1) is 0 Å². The van der Waals surface area contributed by atoms with Gasteiger partial charge < -0.3 is 14.4 Å². The van der Waals surface area contributed by atoms with Crippen LogP contribution in [-0.2, 0) is 9.47 Å². The number of ether oxygens (including phenoxy) is 2. The molecular formula is C15H28INO3. The minimum atomic E-state index is -0.424. The third-order valence-corrected chi connectivity index (χ3v) is 4.87. The summed E-state index contributed by atoms with van der Waals surface area (Å²) < 4.78 is 12.5. The standard InChI is InChI=1S/C15H28INO3/c1-5-6-11-19-15(12-16)7-9-17(10-8-15)13(18)20-14(2,3)4/h5-12H2,1-4H3. The van der Waals surface area contributed by atoms with E-state index in [9.17, 15) is 4.79 Å². The molecule has 0 aromatic heterocycles. The normalized spacial score (nSPS) is 18.9. The summed E-state index contributed by atoms with van der Waals surface area (Å²) in [4.78, 5) is 13.8. The predicted octanol–water partition coefficient (Wildman–Crippen LogP) is 4.01. The van der Waals surface area contributed by atoms with Crippen LogP contribution in [0.25, 0.3) is 0 Å². The average Bonchev–Trinajstić information content (AvgIpc) is 2.38. The van der Waals surface area contributed by atoms with Crippen LogP contribution in [-0.4, -0.2) is 46.3 Å². The van der Waals surface area contributed by atoms with Gasteiger partial charge in [0.2, 0.25) is 0 Å². The van der Waals surface area contributed by atoms with Crippen LogP contribution in [0.2, 0.25) is 0 Å². The Morgan fingerprint density at radius 2 is 1.90 bits per heavy atom. The summed E-state index contributed by atoms with van der Waals surface area (Å²) in [6.07, 6.45) is 3.86. The van der Waals surface area contributed by atoms with Crippen LogP contribution in [0.3, 0.4) is 0 Å². The number of nitrogens with zero attached hydrogens (tertiary/aromatic N) is 1.